The topological polar surface area (TPSA) is 64.1 Å². The van der Waals surface area contributed by atoms with Crippen molar-refractivity contribution in [3.8, 4) is 0 Å². The number of hydrogen-bond acceptors (Lipinski definition) is 5. The summed E-state index contributed by atoms with van der Waals surface area (Å²) < 4.78 is 22.3. The number of carbonyl (C=O) groups is 1. The molecule has 0 saturated heterocycles. The van der Waals surface area contributed by atoms with Gasteiger partial charge in [0.25, 0.3) is 0 Å². The van der Waals surface area contributed by atoms with Crippen LogP contribution in [0.1, 0.15) is 46.1 Å². The van der Waals surface area contributed by atoms with Gasteiger partial charge in [-0.25, -0.2) is 13.4 Å². The van der Waals surface area contributed by atoms with Gasteiger partial charge in [0.1, 0.15) is 10.8 Å². The Morgan fingerprint density at radius 3 is 2.56 bits per heavy atom. The normalized spacial score (nSPS) is 16.4. The number of ketones is 1. The molecule has 0 unspecified atom stereocenters. The molecule has 0 radical (unpaired) electrons. The highest BCUT2D eigenvalue weighted by Gasteiger charge is 2.31. The van der Waals surface area contributed by atoms with E-state index in [-0.39, 0.29) is 11.5 Å². The molecule has 1 aliphatic carbocycles. The molecular weight excluding hydrogens is 246 g/mol. The first-order valence-electron chi connectivity index (χ1n) is 5.05. The van der Waals surface area contributed by atoms with E-state index in [0.717, 1.165) is 18.5 Å². The molecule has 1 heterocycles. The van der Waals surface area contributed by atoms with Crippen molar-refractivity contribution in [3.05, 3.63) is 15.6 Å². The molecule has 2 rings (SSSR count). The van der Waals surface area contributed by atoms with Gasteiger partial charge in [-0.1, -0.05) is 0 Å². The lowest BCUT2D eigenvalue weighted by molar-refractivity contribution is 0.102. The number of sulfone groups is 1. The van der Waals surface area contributed by atoms with Gasteiger partial charge >= 0.3 is 0 Å². The molecule has 0 atom stereocenters. The summed E-state index contributed by atoms with van der Waals surface area (Å²) in [4.78, 5) is 16.3. The van der Waals surface area contributed by atoms with Crippen LogP contribution >= 0.6 is 11.3 Å². The van der Waals surface area contributed by atoms with Crippen molar-refractivity contribution < 1.29 is 13.2 Å². The van der Waals surface area contributed by atoms with E-state index in [1.54, 1.807) is 0 Å². The van der Waals surface area contributed by atoms with Gasteiger partial charge in [0, 0.05) is 19.1 Å². The van der Waals surface area contributed by atoms with E-state index in [1.165, 1.54) is 24.5 Å². The molecule has 0 spiro atoms. The maximum Gasteiger partial charge on any atom is 0.171 e. The first kappa shape index (κ1) is 11.7. The second kappa shape index (κ2) is 3.92. The van der Waals surface area contributed by atoms with Crippen LogP contribution in [0.3, 0.4) is 0 Å². The summed E-state index contributed by atoms with van der Waals surface area (Å²) in [5.74, 6) is 0.299. The van der Waals surface area contributed by atoms with E-state index < -0.39 is 9.84 Å². The zero-order valence-corrected chi connectivity index (χ0v) is 10.8. The molecule has 4 nitrogen and oxygen atoms in total. The zero-order valence-electron chi connectivity index (χ0n) is 9.19. The Bertz CT molecular complexity index is 526. The third-order valence-corrected chi connectivity index (χ3v) is 4.52. The smallest absolute Gasteiger partial charge is 0.171 e. The standard InChI is InChI=1S/C10H13NO3S2/c1-6(12)10-9(7-3-4-7)11-8(15-10)5-16(2,13)14/h7H,3-5H2,1-2H3. The SMILES string of the molecule is CC(=O)c1sc(CS(C)(=O)=O)nc1C1CC1. The van der Waals surface area contributed by atoms with Crippen molar-refractivity contribution in [1.82, 2.24) is 4.98 Å². The molecule has 0 N–H and O–H groups in total. The van der Waals surface area contributed by atoms with Crippen molar-refractivity contribution in [2.24, 2.45) is 0 Å². The summed E-state index contributed by atoms with van der Waals surface area (Å²) in [6, 6.07) is 0. The number of thiazole rings is 1. The number of aromatic nitrogens is 1. The molecular formula is C10H13NO3S2. The van der Waals surface area contributed by atoms with Gasteiger partial charge < -0.3 is 0 Å². The minimum absolute atomic E-state index is 0.0147. The van der Waals surface area contributed by atoms with Crippen molar-refractivity contribution >= 4 is 27.0 Å². The van der Waals surface area contributed by atoms with Crippen LogP contribution in [-0.4, -0.2) is 25.4 Å². The molecule has 1 fully saturated rings. The van der Waals surface area contributed by atoms with E-state index in [0.29, 0.717) is 15.8 Å². The van der Waals surface area contributed by atoms with E-state index in [9.17, 15) is 13.2 Å². The van der Waals surface area contributed by atoms with Crippen LogP contribution in [-0.2, 0) is 15.6 Å². The Balaban J connectivity index is 2.35. The van der Waals surface area contributed by atoms with Gasteiger partial charge in [-0.05, 0) is 12.8 Å². The van der Waals surface area contributed by atoms with Gasteiger partial charge in [0.15, 0.2) is 15.6 Å². The largest absolute Gasteiger partial charge is 0.294 e. The third-order valence-electron chi connectivity index (χ3n) is 2.37. The van der Waals surface area contributed by atoms with E-state index >= 15 is 0 Å². The molecule has 1 saturated carbocycles. The summed E-state index contributed by atoms with van der Waals surface area (Å²) in [5.41, 5.74) is 0.816. The van der Waals surface area contributed by atoms with E-state index in [4.69, 9.17) is 0 Å². The molecule has 1 aromatic rings. The summed E-state index contributed by atoms with van der Waals surface area (Å²) >= 11 is 1.22. The lowest BCUT2D eigenvalue weighted by Crippen LogP contribution is -2.00. The molecule has 16 heavy (non-hydrogen) atoms. The molecule has 6 heteroatoms. The van der Waals surface area contributed by atoms with Crippen LogP contribution in [0.25, 0.3) is 0 Å². The van der Waals surface area contributed by atoms with Crippen molar-refractivity contribution in [3.63, 3.8) is 0 Å². The molecule has 0 aromatic carbocycles. The second-order valence-electron chi connectivity index (χ2n) is 4.22. The number of hydrogen-bond donors (Lipinski definition) is 0. The van der Waals surface area contributed by atoms with Crippen molar-refractivity contribution in [2.75, 3.05) is 6.26 Å². The van der Waals surface area contributed by atoms with Gasteiger partial charge in [-0.3, -0.25) is 4.79 Å². The van der Waals surface area contributed by atoms with Gasteiger partial charge in [0.05, 0.1) is 10.6 Å². The highest BCUT2D eigenvalue weighted by Crippen LogP contribution is 2.42. The predicted molar refractivity (Wildman–Crippen MR) is 62.6 cm³/mol. The van der Waals surface area contributed by atoms with Crippen LogP contribution < -0.4 is 0 Å². The first-order valence-corrected chi connectivity index (χ1v) is 7.93. The van der Waals surface area contributed by atoms with Gasteiger partial charge in [-0.2, -0.15) is 0 Å². The fourth-order valence-electron chi connectivity index (χ4n) is 1.55. The summed E-state index contributed by atoms with van der Waals surface area (Å²) in [5, 5.41) is 0.537. The van der Waals surface area contributed by atoms with E-state index in [2.05, 4.69) is 4.98 Å². The second-order valence-corrected chi connectivity index (χ2v) is 7.45. The highest BCUT2D eigenvalue weighted by atomic mass is 32.2. The van der Waals surface area contributed by atoms with Gasteiger partial charge in [0.2, 0.25) is 0 Å². The van der Waals surface area contributed by atoms with Crippen LogP contribution in [0.15, 0.2) is 0 Å². The lowest BCUT2D eigenvalue weighted by atomic mass is 10.2. The Morgan fingerprint density at radius 2 is 2.12 bits per heavy atom. The van der Waals surface area contributed by atoms with Gasteiger partial charge in [-0.15, -0.1) is 11.3 Å². The maximum absolute atomic E-state index is 11.4. The third kappa shape index (κ3) is 2.68. The molecule has 88 valence electrons. The number of rotatable bonds is 4. The lowest BCUT2D eigenvalue weighted by Gasteiger charge is -1.93. The fourth-order valence-corrected chi connectivity index (χ4v) is 3.78. The maximum atomic E-state index is 11.4. The molecule has 1 aromatic heterocycles. The molecule has 0 bridgehead atoms. The quantitative estimate of drug-likeness (QED) is 0.773. The van der Waals surface area contributed by atoms with E-state index in [1.807, 2.05) is 0 Å². The van der Waals surface area contributed by atoms with Crippen LogP contribution in [0.5, 0.6) is 0 Å². The minimum Gasteiger partial charge on any atom is -0.294 e. The van der Waals surface area contributed by atoms with Crippen LogP contribution in [0, 0.1) is 0 Å². The Hall–Kier alpha value is -0.750. The minimum atomic E-state index is -3.07. The fraction of sp³-hybridized carbons (Fsp3) is 0.600. The summed E-state index contributed by atoms with van der Waals surface area (Å²) in [7, 11) is -3.07. The van der Waals surface area contributed by atoms with Crippen LogP contribution in [0.2, 0.25) is 0 Å². The van der Waals surface area contributed by atoms with Crippen molar-refractivity contribution in [1.29, 1.82) is 0 Å². The van der Waals surface area contributed by atoms with Crippen LogP contribution in [0.4, 0.5) is 0 Å². The summed E-state index contributed by atoms with van der Waals surface area (Å²) in [6.07, 6.45) is 3.29. The average Bonchev–Trinajstić information content (AvgIpc) is 2.86. The Kier molecular flexibility index (Phi) is 2.88. The zero-order chi connectivity index (χ0) is 11.9. The monoisotopic (exact) mass is 259 g/mol. The predicted octanol–water partition coefficient (Wildman–Crippen LogP) is 1.77. The Morgan fingerprint density at radius 1 is 1.50 bits per heavy atom. The van der Waals surface area contributed by atoms with Crippen molar-refractivity contribution in [2.45, 2.75) is 31.4 Å². The molecule has 1 aliphatic rings. The summed E-state index contributed by atoms with van der Waals surface area (Å²) in [6.45, 7) is 1.50. The molecule has 0 aliphatic heterocycles. The highest BCUT2D eigenvalue weighted by molar-refractivity contribution is 7.90. The first-order chi connectivity index (χ1) is 7.37. The molecule has 0 amide bonds. The average molecular weight is 259 g/mol. The Labute approximate surface area is 98.6 Å². The number of carbonyl (C=O) groups excluding carboxylic acids is 1. The number of Topliss-reactive ketones (excluding diaryl/α,β-unsaturated/α-hetero) is 1. The number of nitrogens with zero attached hydrogens (tertiary/aromatic N) is 1.